The molecule has 0 aromatic rings. The lowest BCUT2D eigenvalue weighted by Gasteiger charge is -2.23. The van der Waals surface area contributed by atoms with Gasteiger partial charge in [0.15, 0.2) is 0 Å². The first-order valence-electron chi connectivity index (χ1n) is 3.97. The van der Waals surface area contributed by atoms with Gasteiger partial charge in [0.1, 0.15) is 6.04 Å². The molecular weight excluding hydrogens is 156 g/mol. The number of carbonyl (C=O) groups is 1. The predicted molar refractivity (Wildman–Crippen MR) is 47.5 cm³/mol. The smallest absolute Gasteiger partial charge is 0.239 e. The standard InChI is InChI=1S/C8H18N2O2/c1-6(10-12-5)7(11)9-8(2,3)4/h6,10H,1-5H3,(H,9,11). The Kier molecular flexibility index (Phi) is 4.20. The van der Waals surface area contributed by atoms with Gasteiger partial charge < -0.3 is 10.2 Å². The molecule has 1 unspecified atom stereocenters. The van der Waals surface area contributed by atoms with E-state index in [4.69, 9.17) is 0 Å². The molecule has 0 heterocycles. The summed E-state index contributed by atoms with van der Waals surface area (Å²) in [6, 6.07) is -0.325. The molecule has 72 valence electrons. The minimum atomic E-state index is -0.325. The first-order chi connectivity index (χ1) is 5.37. The van der Waals surface area contributed by atoms with Gasteiger partial charge in [0.05, 0.1) is 7.11 Å². The fraction of sp³-hybridized carbons (Fsp3) is 0.875. The maximum atomic E-state index is 11.3. The highest BCUT2D eigenvalue weighted by molar-refractivity contribution is 5.81. The largest absolute Gasteiger partial charge is 0.350 e. The third-order valence-corrected chi connectivity index (χ3v) is 1.19. The number of hydrogen-bond acceptors (Lipinski definition) is 3. The van der Waals surface area contributed by atoms with E-state index in [-0.39, 0.29) is 17.5 Å². The van der Waals surface area contributed by atoms with Crippen LogP contribution in [0.4, 0.5) is 0 Å². The summed E-state index contributed by atoms with van der Waals surface area (Å²) in [6.07, 6.45) is 0. The third kappa shape index (κ3) is 5.09. The van der Waals surface area contributed by atoms with Crippen LogP contribution >= 0.6 is 0 Å². The van der Waals surface area contributed by atoms with Crippen LogP contribution in [0.5, 0.6) is 0 Å². The lowest BCUT2D eigenvalue weighted by Crippen LogP contribution is -2.49. The normalized spacial score (nSPS) is 14.1. The fourth-order valence-electron chi connectivity index (χ4n) is 0.708. The zero-order valence-corrected chi connectivity index (χ0v) is 8.39. The second-order valence-corrected chi connectivity index (χ2v) is 3.78. The van der Waals surface area contributed by atoms with E-state index < -0.39 is 0 Å². The Labute approximate surface area is 73.6 Å². The number of amides is 1. The zero-order valence-electron chi connectivity index (χ0n) is 8.39. The van der Waals surface area contributed by atoms with E-state index in [0.29, 0.717) is 0 Å². The molecule has 0 radical (unpaired) electrons. The van der Waals surface area contributed by atoms with Crippen LogP contribution in [0.15, 0.2) is 0 Å². The molecule has 0 fully saturated rings. The number of carbonyl (C=O) groups excluding carboxylic acids is 1. The molecule has 4 heteroatoms. The molecule has 1 atom stereocenters. The molecule has 0 spiro atoms. The summed E-state index contributed by atoms with van der Waals surface area (Å²) in [5.41, 5.74) is 2.36. The summed E-state index contributed by atoms with van der Waals surface area (Å²) in [6.45, 7) is 7.55. The topological polar surface area (TPSA) is 50.4 Å². The van der Waals surface area contributed by atoms with Crippen molar-refractivity contribution in [2.24, 2.45) is 0 Å². The Balaban J connectivity index is 3.87. The highest BCUT2D eigenvalue weighted by atomic mass is 16.6. The zero-order chi connectivity index (χ0) is 9.78. The highest BCUT2D eigenvalue weighted by Crippen LogP contribution is 1.98. The number of hydrogen-bond donors (Lipinski definition) is 2. The lowest BCUT2D eigenvalue weighted by atomic mass is 10.1. The molecule has 4 nitrogen and oxygen atoms in total. The quantitative estimate of drug-likeness (QED) is 0.610. The average molecular weight is 174 g/mol. The average Bonchev–Trinajstić information content (AvgIpc) is 1.84. The van der Waals surface area contributed by atoms with Crippen LogP contribution in [-0.4, -0.2) is 24.6 Å². The second kappa shape index (κ2) is 4.42. The van der Waals surface area contributed by atoms with Gasteiger partial charge in [-0.2, -0.15) is 5.48 Å². The van der Waals surface area contributed by atoms with Crippen LogP contribution in [-0.2, 0) is 9.63 Å². The molecule has 0 aliphatic rings. The molecule has 0 aliphatic heterocycles. The van der Waals surface area contributed by atoms with Crippen LogP contribution in [0.25, 0.3) is 0 Å². The Morgan fingerprint density at radius 1 is 1.42 bits per heavy atom. The van der Waals surface area contributed by atoms with Crippen molar-refractivity contribution in [3.63, 3.8) is 0 Å². The molecule has 12 heavy (non-hydrogen) atoms. The van der Waals surface area contributed by atoms with Crippen LogP contribution in [0, 0.1) is 0 Å². The van der Waals surface area contributed by atoms with Crippen molar-refractivity contribution in [3.8, 4) is 0 Å². The van der Waals surface area contributed by atoms with E-state index in [1.54, 1.807) is 6.92 Å². The molecule has 0 saturated carbocycles. The predicted octanol–water partition coefficient (Wildman–Crippen LogP) is 0.441. The Hall–Kier alpha value is -0.610. The second-order valence-electron chi connectivity index (χ2n) is 3.78. The van der Waals surface area contributed by atoms with Crippen molar-refractivity contribution >= 4 is 5.91 Å². The van der Waals surface area contributed by atoms with E-state index in [1.807, 2.05) is 20.8 Å². The molecule has 0 bridgehead atoms. The van der Waals surface area contributed by atoms with E-state index >= 15 is 0 Å². The number of hydroxylamine groups is 1. The summed E-state index contributed by atoms with van der Waals surface area (Å²) in [4.78, 5) is 15.9. The van der Waals surface area contributed by atoms with Gasteiger partial charge >= 0.3 is 0 Å². The van der Waals surface area contributed by atoms with Crippen LogP contribution in [0.3, 0.4) is 0 Å². The van der Waals surface area contributed by atoms with Gasteiger partial charge in [-0.1, -0.05) is 0 Å². The van der Waals surface area contributed by atoms with Gasteiger partial charge in [-0.3, -0.25) is 4.79 Å². The fourth-order valence-corrected chi connectivity index (χ4v) is 0.708. The molecule has 0 aromatic heterocycles. The van der Waals surface area contributed by atoms with Gasteiger partial charge in [-0.25, -0.2) is 0 Å². The van der Waals surface area contributed by atoms with Crippen LogP contribution in [0.1, 0.15) is 27.7 Å². The molecule has 2 N–H and O–H groups in total. The Morgan fingerprint density at radius 3 is 2.25 bits per heavy atom. The van der Waals surface area contributed by atoms with Crippen LogP contribution in [0.2, 0.25) is 0 Å². The van der Waals surface area contributed by atoms with E-state index in [0.717, 1.165) is 0 Å². The lowest BCUT2D eigenvalue weighted by molar-refractivity contribution is -0.127. The van der Waals surface area contributed by atoms with Crippen molar-refractivity contribution in [2.45, 2.75) is 39.3 Å². The maximum Gasteiger partial charge on any atom is 0.239 e. The highest BCUT2D eigenvalue weighted by Gasteiger charge is 2.18. The summed E-state index contributed by atoms with van der Waals surface area (Å²) in [5, 5.41) is 2.82. The number of rotatable bonds is 3. The molecular formula is C8H18N2O2. The summed E-state index contributed by atoms with van der Waals surface area (Å²) in [7, 11) is 1.49. The van der Waals surface area contributed by atoms with Crippen molar-refractivity contribution in [1.82, 2.24) is 10.8 Å². The van der Waals surface area contributed by atoms with Gasteiger partial charge in [-0.05, 0) is 27.7 Å². The summed E-state index contributed by atoms with van der Waals surface area (Å²) < 4.78 is 0. The van der Waals surface area contributed by atoms with Gasteiger partial charge in [0.25, 0.3) is 0 Å². The van der Waals surface area contributed by atoms with E-state index in [2.05, 4.69) is 15.6 Å². The van der Waals surface area contributed by atoms with Crippen molar-refractivity contribution < 1.29 is 9.63 Å². The maximum absolute atomic E-state index is 11.3. The van der Waals surface area contributed by atoms with Gasteiger partial charge in [0.2, 0.25) is 5.91 Å². The minimum absolute atomic E-state index is 0.0654. The minimum Gasteiger partial charge on any atom is -0.350 e. The van der Waals surface area contributed by atoms with E-state index in [1.165, 1.54) is 7.11 Å². The van der Waals surface area contributed by atoms with Crippen LogP contribution < -0.4 is 10.8 Å². The monoisotopic (exact) mass is 174 g/mol. The molecule has 1 amide bonds. The van der Waals surface area contributed by atoms with Gasteiger partial charge in [0, 0.05) is 5.54 Å². The Morgan fingerprint density at radius 2 is 1.92 bits per heavy atom. The van der Waals surface area contributed by atoms with Crippen molar-refractivity contribution in [2.75, 3.05) is 7.11 Å². The van der Waals surface area contributed by atoms with E-state index in [9.17, 15) is 4.79 Å². The number of nitrogens with one attached hydrogen (secondary N) is 2. The first-order valence-corrected chi connectivity index (χ1v) is 3.97. The Bertz CT molecular complexity index is 152. The summed E-state index contributed by atoms with van der Waals surface area (Å²) in [5.74, 6) is -0.0654. The molecule has 0 saturated heterocycles. The SMILES string of the molecule is CONC(C)C(=O)NC(C)(C)C. The van der Waals surface area contributed by atoms with Crippen molar-refractivity contribution in [3.05, 3.63) is 0 Å². The van der Waals surface area contributed by atoms with Crippen molar-refractivity contribution in [1.29, 1.82) is 0 Å². The third-order valence-electron chi connectivity index (χ3n) is 1.19. The van der Waals surface area contributed by atoms with Gasteiger partial charge in [-0.15, -0.1) is 0 Å². The molecule has 0 aliphatic carbocycles. The molecule has 0 aromatic carbocycles. The molecule has 0 rings (SSSR count). The first kappa shape index (κ1) is 11.4. The summed E-state index contributed by atoms with van der Waals surface area (Å²) >= 11 is 0.